The average Bonchev–Trinajstić information content (AvgIpc) is 2.25. The highest BCUT2D eigenvalue weighted by atomic mass is 16.5. The summed E-state index contributed by atoms with van der Waals surface area (Å²) in [5.74, 6) is 0.604. The highest BCUT2D eigenvalue weighted by Gasteiger charge is 2.10. The van der Waals surface area contributed by atoms with Gasteiger partial charge in [0, 0.05) is 26.7 Å². The molecule has 0 aliphatic rings. The van der Waals surface area contributed by atoms with E-state index in [0.29, 0.717) is 5.92 Å². The van der Waals surface area contributed by atoms with Gasteiger partial charge in [0.1, 0.15) is 0 Å². The molecule has 0 bridgehead atoms. The maximum Gasteiger partial charge on any atom is 0.0589 e. The fourth-order valence-corrected chi connectivity index (χ4v) is 1.72. The van der Waals surface area contributed by atoms with Gasteiger partial charge in [0.2, 0.25) is 0 Å². The first-order valence-electron chi connectivity index (χ1n) is 5.80. The van der Waals surface area contributed by atoms with Crippen LogP contribution in [0.5, 0.6) is 0 Å². The van der Waals surface area contributed by atoms with Crippen LogP contribution in [0, 0.1) is 5.92 Å². The maximum atomic E-state index is 5.75. The number of nitrogens with zero attached hydrogens (tertiary/aromatic N) is 1. The highest BCUT2D eigenvalue weighted by molar-refractivity contribution is 4.75. The second-order valence-electron chi connectivity index (χ2n) is 3.93. The summed E-state index contributed by atoms with van der Waals surface area (Å²) in [5.41, 5.74) is 5.75. The molecule has 0 aliphatic heterocycles. The summed E-state index contributed by atoms with van der Waals surface area (Å²) in [4.78, 5) is 2.35. The normalized spacial score (nSPS) is 13.1. The van der Waals surface area contributed by atoms with Crippen LogP contribution in [0.3, 0.4) is 0 Å². The lowest BCUT2D eigenvalue weighted by Gasteiger charge is -2.25. The van der Waals surface area contributed by atoms with Gasteiger partial charge in [-0.25, -0.2) is 0 Å². The first-order chi connectivity index (χ1) is 7.28. The van der Waals surface area contributed by atoms with Gasteiger partial charge in [-0.05, 0) is 18.9 Å². The molecule has 1 atom stereocenters. The molecule has 1 unspecified atom stereocenters. The number of nitrogens with two attached hydrogens (primary N) is 1. The summed E-state index contributed by atoms with van der Waals surface area (Å²) in [6.07, 6.45) is 4.35. The van der Waals surface area contributed by atoms with Crippen LogP contribution in [0.2, 0.25) is 0 Å². The Morgan fingerprint density at radius 2 is 2.27 bits per heavy atom. The first kappa shape index (κ1) is 14.6. The second kappa shape index (κ2) is 10.1. The Labute approximate surface area is 94.3 Å². The Hall–Kier alpha value is -0.380. The quantitative estimate of drug-likeness (QED) is 0.560. The summed E-state index contributed by atoms with van der Waals surface area (Å²) in [6.45, 7) is 10.5. The van der Waals surface area contributed by atoms with E-state index in [9.17, 15) is 0 Å². The van der Waals surface area contributed by atoms with Crippen LogP contribution in [0.15, 0.2) is 12.7 Å². The molecular formula is C12H26N2O. The Balaban J connectivity index is 3.92. The third-order valence-corrected chi connectivity index (χ3v) is 2.55. The van der Waals surface area contributed by atoms with Crippen LogP contribution < -0.4 is 5.73 Å². The number of hydrogen-bond donors (Lipinski definition) is 1. The lowest BCUT2D eigenvalue weighted by atomic mass is 10.0. The van der Waals surface area contributed by atoms with Crippen molar-refractivity contribution in [3.05, 3.63) is 12.7 Å². The standard InChI is InChI=1S/C12H26N2O/c1-4-6-12(10-13)11-14(7-5-2)8-9-15-3/h5,12H,2,4,6-11,13H2,1,3H3. The highest BCUT2D eigenvalue weighted by Crippen LogP contribution is 2.07. The average molecular weight is 214 g/mol. The van der Waals surface area contributed by atoms with Crippen LogP contribution in [0.1, 0.15) is 19.8 Å². The van der Waals surface area contributed by atoms with E-state index in [-0.39, 0.29) is 0 Å². The van der Waals surface area contributed by atoms with E-state index in [1.165, 1.54) is 12.8 Å². The predicted molar refractivity (Wildman–Crippen MR) is 66.0 cm³/mol. The summed E-state index contributed by atoms with van der Waals surface area (Å²) >= 11 is 0. The monoisotopic (exact) mass is 214 g/mol. The predicted octanol–water partition coefficient (Wildman–Crippen LogP) is 1.50. The van der Waals surface area contributed by atoms with E-state index >= 15 is 0 Å². The van der Waals surface area contributed by atoms with Gasteiger partial charge in [-0.2, -0.15) is 0 Å². The van der Waals surface area contributed by atoms with Crippen molar-refractivity contribution < 1.29 is 4.74 Å². The Morgan fingerprint density at radius 3 is 2.73 bits per heavy atom. The fourth-order valence-electron chi connectivity index (χ4n) is 1.72. The van der Waals surface area contributed by atoms with Crippen molar-refractivity contribution in [2.75, 3.05) is 39.9 Å². The Morgan fingerprint density at radius 1 is 1.53 bits per heavy atom. The van der Waals surface area contributed by atoms with Crippen molar-refractivity contribution in [1.82, 2.24) is 4.90 Å². The molecule has 15 heavy (non-hydrogen) atoms. The lowest BCUT2D eigenvalue weighted by molar-refractivity contribution is 0.143. The van der Waals surface area contributed by atoms with Gasteiger partial charge >= 0.3 is 0 Å². The van der Waals surface area contributed by atoms with Crippen molar-refractivity contribution in [1.29, 1.82) is 0 Å². The largest absolute Gasteiger partial charge is 0.383 e. The van der Waals surface area contributed by atoms with Gasteiger partial charge in [0.05, 0.1) is 6.61 Å². The third kappa shape index (κ3) is 7.54. The summed E-state index contributed by atoms with van der Waals surface area (Å²) in [7, 11) is 1.73. The van der Waals surface area contributed by atoms with E-state index in [1.54, 1.807) is 7.11 Å². The molecule has 0 fully saturated rings. The van der Waals surface area contributed by atoms with Crippen molar-refractivity contribution in [3.63, 3.8) is 0 Å². The Kier molecular flexibility index (Phi) is 9.89. The minimum absolute atomic E-state index is 0.604. The molecule has 0 saturated carbocycles. The van der Waals surface area contributed by atoms with Crippen molar-refractivity contribution >= 4 is 0 Å². The molecule has 2 N–H and O–H groups in total. The number of methoxy groups -OCH3 is 1. The molecule has 3 nitrogen and oxygen atoms in total. The van der Waals surface area contributed by atoms with Crippen LogP contribution in [-0.4, -0.2) is 44.8 Å². The molecular weight excluding hydrogens is 188 g/mol. The number of rotatable bonds is 10. The van der Waals surface area contributed by atoms with Crippen molar-refractivity contribution in [2.45, 2.75) is 19.8 Å². The molecule has 0 rings (SSSR count). The zero-order valence-corrected chi connectivity index (χ0v) is 10.2. The van der Waals surface area contributed by atoms with E-state index in [4.69, 9.17) is 10.5 Å². The lowest BCUT2D eigenvalue weighted by Crippen LogP contribution is -2.35. The van der Waals surface area contributed by atoms with E-state index < -0.39 is 0 Å². The van der Waals surface area contributed by atoms with E-state index in [2.05, 4.69) is 18.4 Å². The van der Waals surface area contributed by atoms with Gasteiger partial charge in [-0.15, -0.1) is 6.58 Å². The molecule has 0 aromatic rings. The van der Waals surface area contributed by atoms with Crippen LogP contribution in [0.25, 0.3) is 0 Å². The molecule has 0 saturated heterocycles. The third-order valence-electron chi connectivity index (χ3n) is 2.55. The summed E-state index contributed by atoms with van der Waals surface area (Å²) in [5, 5.41) is 0. The zero-order chi connectivity index (χ0) is 11.5. The molecule has 0 spiro atoms. The minimum atomic E-state index is 0.604. The van der Waals surface area contributed by atoms with Crippen LogP contribution in [0.4, 0.5) is 0 Å². The first-order valence-corrected chi connectivity index (χ1v) is 5.80. The second-order valence-corrected chi connectivity index (χ2v) is 3.93. The summed E-state index contributed by atoms with van der Waals surface area (Å²) < 4.78 is 5.09. The fraction of sp³-hybridized carbons (Fsp3) is 0.833. The molecule has 0 radical (unpaired) electrons. The van der Waals surface area contributed by atoms with Gasteiger partial charge < -0.3 is 10.5 Å². The van der Waals surface area contributed by atoms with Gasteiger partial charge in [0.25, 0.3) is 0 Å². The molecule has 0 aromatic heterocycles. The SMILES string of the molecule is C=CCN(CCOC)CC(CN)CCC. The molecule has 0 aliphatic carbocycles. The van der Waals surface area contributed by atoms with Crippen LogP contribution >= 0.6 is 0 Å². The topological polar surface area (TPSA) is 38.5 Å². The number of hydrogen-bond acceptors (Lipinski definition) is 3. The molecule has 90 valence electrons. The van der Waals surface area contributed by atoms with Gasteiger partial charge in [0.15, 0.2) is 0 Å². The molecule has 3 heteroatoms. The van der Waals surface area contributed by atoms with E-state index in [1.807, 2.05) is 6.08 Å². The minimum Gasteiger partial charge on any atom is -0.383 e. The smallest absolute Gasteiger partial charge is 0.0589 e. The summed E-state index contributed by atoms with van der Waals surface area (Å²) in [6, 6.07) is 0. The molecule has 0 heterocycles. The number of ether oxygens (including phenoxy) is 1. The van der Waals surface area contributed by atoms with Gasteiger partial charge in [-0.1, -0.05) is 19.4 Å². The maximum absolute atomic E-state index is 5.75. The van der Waals surface area contributed by atoms with Crippen LogP contribution in [-0.2, 0) is 4.74 Å². The van der Waals surface area contributed by atoms with E-state index in [0.717, 1.165) is 32.8 Å². The molecule has 0 amide bonds. The zero-order valence-electron chi connectivity index (χ0n) is 10.2. The van der Waals surface area contributed by atoms with Gasteiger partial charge in [-0.3, -0.25) is 4.90 Å². The van der Waals surface area contributed by atoms with Crippen molar-refractivity contribution in [3.8, 4) is 0 Å². The van der Waals surface area contributed by atoms with Crippen molar-refractivity contribution in [2.24, 2.45) is 11.7 Å². The Bertz CT molecular complexity index is 151. The molecule has 0 aromatic carbocycles.